The predicted molar refractivity (Wildman–Crippen MR) is 164 cm³/mol. The standard InChI is InChI=1S/C27H28FN5O2.2C2HF3O2/c1-4-17-13-22(26(28)24(14-17)35-3)33(19-11-9-18(10-12-19)27(29)30)16-25-31-15-21(32-25)20-7-5-6-8-23(20)34-2;2*3-2(4,5)1(6)7/h5-15H,4,16H2,1-3H3,(H3,29,30)(H,31,32);2*(H,6,7). The fourth-order valence-corrected chi connectivity index (χ4v) is 3.92. The molecule has 0 aliphatic heterocycles. The molecule has 3 aromatic carbocycles. The lowest BCUT2D eigenvalue weighted by Gasteiger charge is -2.26. The van der Waals surface area contributed by atoms with Crippen LogP contribution in [0.25, 0.3) is 11.3 Å². The van der Waals surface area contributed by atoms with E-state index < -0.39 is 30.1 Å². The molecular weight excluding hydrogens is 671 g/mol. The third kappa shape index (κ3) is 11.1. The second-order valence-corrected chi connectivity index (χ2v) is 9.58. The van der Waals surface area contributed by atoms with Gasteiger partial charge in [-0.2, -0.15) is 26.3 Å². The molecule has 0 spiro atoms. The number of hydrogen-bond donors (Lipinski definition) is 5. The van der Waals surface area contributed by atoms with E-state index >= 15 is 4.39 Å². The number of carboxylic acid groups (broad SMARTS) is 2. The fraction of sp³-hybridized carbons (Fsp3) is 0.226. The quantitative estimate of drug-likeness (QED) is 0.0724. The van der Waals surface area contributed by atoms with Crippen LogP contribution in [0.4, 0.5) is 42.1 Å². The number of aliphatic carboxylic acids is 2. The molecule has 0 amide bonds. The highest BCUT2D eigenvalue weighted by Crippen LogP contribution is 2.36. The van der Waals surface area contributed by atoms with Gasteiger partial charge in [-0.25, -0.2) is 19.0 Å². The summed E-state index contributed by atoms with van der Waals surface area (Å²) in [6, 6.07) is 18.3. The summed E-state index contributed by atoms with van der Waals surface area (Å²) in [6.07, 6.45) is -7.71. The van der Waals surface area contributed by atoms with Crippen molar-refractivity contribution < 1.29 is 60.0 Å². The van der Waals surface area contributed by atoms with Crippen molar-refractivity contribution in [2.75, 3.05) is 19.1 Å². The van der Waals surface area contributed by atoms with Crippen molar-refractivity contribution >= 4 is 29.1 Å². The van der Waals surface area contributed by atoms with E-state index in [9.17, 15) is 26.3 Å². The first kappa shape index (κ1) is 39.4. The van der Waals surface area contributed by atoms with Crippen molar-refractivity contribution in [3.8, 4) is 22.8 Å². The van der Waals surface area contributed by atoms with Gasteiger partial charge in [0.15, 0.2) is 11.6 Å². The van der Waals surface area contributed by atoms with Gasteiger partial charge in [-0.3, -0.25) is 5.41 Å². The lowest BCUT2D eigenvalue weighted by molar-refractivity contribution is -0.193. The number of alkyl halides is 6. The first-order valence-corrected chi connectivity index (χ1v) is 13.7. The van der Waals surface area contributed by atoms with Crippen molar-refractivity contribution in [3.05, 3.63) is 89.6 Å². The van der Waals surface area contributed by atoms with Crippen molar-refractivity contribution in [2.45, 2.75) is 32.2 Å². The van der Waals surface area contributed by atoms with Crippen molar-refractivity contribution in [1.29, 1.82) is 5.41 Å². The minimum atomic E-state index is -5.08. The molecule has 264 valence electrons. The minimum Gasteiger partial charge on any atom is -0.496 e. The number of aryl methyl sites for hydroxylation is 1. The first-order chi connectivity index (χ1) is 22.8. The summed E-state index contributed by atoms with van der Waals surface area (Å²) in [4.78, 5) is 27.5. The third-order valence-corrected chi connectivity index (χ3v) is 6.31. The van der Waals surface area contributed by atoms with Crippen LogP contribution in [-0.2, 0) is 22.6 Å². The number of carbonyl (C=O) groups is 2. The Kier molecular flexibility index (Phi) is 13.5. The minimum absolute atomic E-state index is 0.0311. The maximum atomic E-state index is 15.5. The van der Waals surface area contributed by atoms with Crippen LogP contribution in [0.2, 0.25) is 0 Å². The van der Waals surface area contributed by atoms with E-state index in [4.69, 9.17) is 40.4 Å². The molecule has 0 unspecified atom stereocenters. The maximum Gasteiger partial charge on any atom is 0.490 e. The molecule has 0 radical (unpaired) electrons. The number of benzene rings is 3. The number of imidazole rings is 1. The summed E-state index contributed by atoms with van der Waals surface area (Å²) in [7, 11) is 3.08. The van der Waals surface area contributed by atoms with Gasteiger partial charge in [0.05, 0.1) is 38.3 Å². The van der Waals surface area contributed by atoms with Gasteiger partial charge in [0, 0.05) is 16.8 Å². The molecule has 1 aromatic heterocycles. The van der Waals surface area contributed by atoms with E-state index in [0.29, 0.717) is 17.1 Å². The number of nitrogens with one attached hydrogen (secondary N) is 2. The van der Waals surface area contributed by atoms with Gasteiger partial charge in [-0.05, 0) is 60.5 Å². The zero-order valence-corrected chi connectivity index (χ0v) is 25.9. The number of H-pyrrole nitrogens is 1. The Hall–Kier alpha value is -5.81. The van der Waals surface area contributed by atoms with Gasteiger partial charge in [-0.15, -0.1) is 0 Å². The van der Waals surface area contributed by atoms with Gasteiger partial charge in [0.2, 0.25) is 0 Å². The number of ether oxygens (including phenoxy) is 2. The number of aromatic nitrogens is 2. The van der Waals surface area contributed by atoms with Crippen LogP contribution >= 0.6 is 0 Å². The average Bonchev–Trinajstić information content (AvgIpc) is 3.52. The summed E-state index contributed by atoms with van der Waals surface area (Å²) < 4.78 is 89.8. The van der Waals surface area contributed by atoms with Gasteiger partial charge >= 0.3 is 24.3 Å². The van der Waals surface area contributed by atoms with E-state index in [0.717, 1.165) is 34.7 Å². The Labute approximate surface area is 274 Å². The number of amidine groups is 1. The van der Waals surface area contributed by atoms with Gasteiger partial charge in [-0.1, -0.05) is 19.1 Å². The van der Waals surface area contributed by atoms with Crippen LogP contribution in [0.1, 0.15) is 23.9 Å². The molecule has 4 aromatic rings. The Balaban J connectivity index is 0.000000500. The molecule has 0 aliphatic carbocycles. The monoisotopic (exact) mass is 701 g/mol. The fourth-order valence-electron chi connectivity index (χ4n) is 3.92. The number of aromatic amines is 1. The van der Waals surface area contributed by atoms with Crippen molar-refractivity contribution in [2.24, 2.45) is 5.73 Å². The SMILES string of the molecule is CCc1cc(OC)c(F)c(N(Cc2ncc(-c3ccccc3OC)[nH]2)c2ccc(C(=N)N)cc2)c1.O=C(O)C(F)(F)F.O=C(O)C(F)(F)F. The summed E-state index contributed by atoms with van der Waals surface area (Å²) in [5, 5.41) is 21.9. The molecule has 0 fully saturated rings. The van der Waals surface area contributed by atoms with E-state index in [1.807, 2.05) is 54.3 Å². The topological polar surface area (TPSA) is 175 Å². The second-order valence-electron chi connectivity index (χ2n) is 9.58. The second kappa shape index (κ2) is 16.8. The number of halogens is 7. The van der Waals surface area contributed by atoms with Crippen LogP contribution in [-0.4, -0.2) is 64.5 Å². The molecule has 11 nitrogen and oxygen atoms in total. The molecule has 1 heterocycles. The summed E-state index contributed by atoms with van der Waals surface area (Å²) in [5.74, 6) is -4.46. The predicted octanol–water partition coefficient (Wildman–Crippen LogP) is 6.68. The lowest BCUT2D eigenvalue weighted by atomic mass is 10.1. The number of nitrogens with two attached hydrogens (primary N) is 1. The van der Waals surface area contributed by atoms with Crippen molar-refractivity contribution in [1.82, 2.24) is 9.97 Å². The molecule has 49 heavy (non-hydrogen) atoms. The molecule has 0 bridgehead atoms. The molecule has 0 aliphatic rings. The van der Waals surface area contributed by atoms with Crippen molar-refractivity contribution in [3.63, 3.8) is 0 Å². The van der Waals surface area contributed by atoms with Crippen LogP contribution < -0.4 is 20.1 Å². The number of hydrogen-bond acceptors (Lipinski definition) is 7. The Morgan fingerprint density at radius 3 is 1.92 bits per heavy atom. The highest BCUT2D eigenvalue weighted by Gasteiger charge is 2.38. The van der Waals surface area contributed by atoms with E-state index in [2.05, 4.69) is 9.97 Å². The Morgan fingerprint density at radius 2 is 1.45 bits per heavy atom. The van der Waals surface area contributed by atoms with Crippen LogP contribution in [0.15, 0.2) is 66.9 Å². The van der Waals surface area contributed by atoms with Gasteiger partial charge in [0.25, 0.3) is 0 Å². The molecule has 0 atom stereocenters. The van der Waals surface area contributed by atoms with Crippen LogP contribution in [0, 0.1) is 11.2 Å². The number of rotatable bonds is 9. The summed E-state index contributed by atoms with van der Waals surface area (Å²) >= 11 is 0. The van der Waals surface area contributed by atoms with Crippen LogP contribution in [0.3, 0.4) is 0 Å². The zero-order chi connectivity index (χ0) is 37.1. The molecule has 4 rings (SSSR count). The molecule has 0 saturated carbocycles. The smallest absolute Gasteiger partial charge is 0.490 e. The van der Waals surface area contributed by atoms with Crippen LogP contribution in [0.5, 0.6) is 11.5 Å². The first-order valence-electron chi connectivity index (χ1n) is 13.7. The molecule has 18 heteroatoms. The zero-order valence-electron chi connectivity index (χ0n) is 25.9. The summed E-state index contributed by atoms with van der Waals surface area (Å²) in [6.45, 7) is 2.27. The number of nitrogens with zero attached hydrogens (tertiary/aromatic N) is 2. The molecule has 0 saturated heterocycles. The number of methoxy groups -OCH3 is 2. The third-order valence-electron chi connectivity index (χ3n) is 6.31. The highest BCUT2D eigenvalue weighted by molar-refractivity contribution is 5.95. The van der Waals surface area contributed by atoms with E-state index in [1.54, 1.807) is 31.5 Å². The Bertz CT molecular complexity index is 1720. The maximum absolute atomic E-state index is 15.5. The van der Waals surface area contributed by atoms with Gasteiger partial charge in [0.1, 0.15) is 17.4 Å². The summed E-state index contributed by atoms with van der Waals surface area (Å²) in [5.41, 5.74) is 9.92. The highest BCUT2D eigenvalue weighted by atomic mass is 19.4. The lowest BCUT2D eigenvalue weighted by Crippen LogP contribution is -2.21. The van der Waals surface area contributed by atoms with E-state index in [-0.39, 0.29) is 18.1 Å². The average molecular weight is 702 g/mol. The molecular formula is C31H30F7N5O6. The van der Waals surface area contributed by atoms with Gasteiger partial charge < -0.3 is 35.3 Å². The van der Waals surface area contributed by atoms with E-state index in [1.165, 1.54) is 7.11 Å². The number of carboxylic acids is 2. The number of nitrogen functional groups attached to an aromatic ring is 1. The normalized spacial score (nSPS) is 10.9. The number of para-hydroxylation sites is 1. The number of anilines is 2. The molecule has 6 N–H and O–H groups in total. The Morgan fingerprint density at radius 1 is 0.918 bits per heavy atom. The largest absolute Gasteiger partial charge is 0.496 e.